The van der Waals surface area contributed by atoms with Gasteiger partial charge >= 0.3 is 5.97 Å². The third-order valence-electron chi connectivity index (χ3n) is 1.22. The third kappa shape index (κ3) is 2.62. The van der Waals surface area contributed by atoms with Crippen molar-refractivity contribution in [3.63, 3.8) is 0 Å². The summed E-state index contributed by atoms with van der Waals surface area (Å²) in [6, 6.07) is 7.00. The van der Waals surface area contributed by atoms with Crippen LogP contribution in [0.25, 0.3) is 0 Å². The van der Waals surface area contributed by atoms with Gasteiger partial charge in [-0.25, -0.2) is 0 Å². The average molecular weight is 178 g/mol. The Labute approximate surface area is 76.6 Å². The Morgan fingerprint density at radius 3 is 2.42 bits per heavy atom. The van der Waals surface area contributed by atoms with Crippen LogP contribution in [0.3, 0.4) is 0 Å². The summed E-state index contributed by atoms with van der Waals surface area (Å²) >= 11 is 1.16. The zero-order chi connectivity index (χ0) is 8.97. The van der Waals surface area contributed by atoms with E-state index >= 15 is 0 Å². The van der Waals surface area contributed by atoms with Crippen LogP contribution in [0.2, 0.25) is 0 Å². The van der Waals surface area contributed by atoms with Crippen molar-refractivity contribution in [2.45, 2.75) is 11.8 Å². The van der Waals surface area contributed by atoms with Gasteiger partial charge in [0.05, 0.1) is 0 Å². The number of ether oxygens (including phenoxy) is 1. The molecule has 2 radical (unpaired) electrons. The van der Waals surface area contributed by atoms with Crippen molar-refractivity contribution in [3.05, 3.63) is 24.3 Å². The first-order valence-corrected chi connectivity index (χ1v) is 4.25. The molecule has 0 spiro atoms. The lowest BCUT2D eigenvalue weighted by Crippen LogP contribution is -2.00. The molecule has 0 saturated heterocycles. The fraction of sp³-hybridized carbons (Fsp3) is 0.125. The number of carbonyl (C=O) groups is 1. The molecule has 1 rings (SSSR count). The summed E-state index contributed by atoms with van der Waals surface area (Å²) < 4.78 is 4.82. The molecule has 0 N–H and O–H groups in total. The van der Waals surface area contributed by atoms with E-state index in [-0.39, 0.29) is 5.97 Å². The zero-order valence-electron chi connectivity index (χ0n) is 6.61. The van der Waals surface area contributed by atoms with Crippen LogP contribution in [-0.4, -0.2) is 13.1 Å². The highest BCUT2D eigenvalue weighted by Crippen LogP contribution is 2.18. The predicted molar refractivity (Wildman–Crippen MR) is 49.4 cm³/mol. The molecule has 0 aliphatic heterocycles. The Bertz CT molecular complexity index is 271. The molecule has 1 aromatic rings. The van der Waals surface area contributed by atoms with Crippen LogP contribution in [0.15, 0.2) is 29.2 Å². The molecule has 0 amide bonds. The van der Waals surface area contributed by atoms with Crippen molar-refractivity contribution in [1.29, 1.82) is 0 Å². The summed E-state index contributed by atoms with van der Waals surface area (Å²) in [5.74, 6) is 0.225. The number of hydrogen-bond donors (Lipinski definition) is 0. The highest BCUT2D eigenvalue weighted by molar-refractivity contribution is 8.19. The lowest BCUT2D eigenvalue weighted by atomic mass is 10.3. The molecule has 0 bridgehead atoms. The fourth-order valence-electron chi connectivity index (χ4n) is 0.752. The van der Waals surface area contributed by atoms with Gasteiger partial charge in [0.2, 0.25) is 0 Å². The Hall–Kier alpha value is -0.895. The molecule has 1 aromatic carbocycles. The smallest absolute Gasteiger partial charge is 0.308 e. The topological polar surface area (TPSA) is 26.3 Å². The Morgan fingerprint density at radius 2 is 2.00 bits per heavy atom. The van der Waals surface area contributed by atoms with E-state index in [4.69, 9.17) is 11.9 Å². The van der Waals surface area contributed by atoms with Crippen LogP contribution in [-0.2, 0) is 4.79 Å². The first-order chi connectivity index (χ1) is 5.72. The van der Waals surface area contributed by atoms with Gasteiger partial charge in [0.1, 0.15) is 5.75 Å². The molecule has 0 aliphatic rings. The number of hydrogen-bond acceptors (Lipinski definition) is 3. The zero-order valence-corrected chi connectivity index (χ0v) is 7.43. The quantitative estimate of drug-likeness (QED) is 0.392. The summed E-state index contributed by atoms with van der Waals surface area (Å²) in [5.41, 5.74) is 0. The van der Waals surface area contributed by atoms with Gasteiger partial charge in [0.15, 0.2) is 7.12 Å². The normalized spacial score (nSPS) is 9.42. The lowest BCUT2D eigenvalue weighted by Gasteiger charge is -2.01. The van der Waals surface area contributed by atoms with Gasteiger partial charge in [0.25, 0.3) is 0 Å². The number of esters is 1. The summed E-state index contributed by atoms with van der Waals surface area (Å²) in [7, 11) is 5.31. The average Bonchev–Trinajstić information content (AvgIpc) is 2.05. The van der Waals surface area contributed by atoms with E-state index in [0.29, 0.717) is 5.75 Å². The van der Waals surface area contributed by atoms with E-state index in [2.05, 4.69) is 0 Å². The molecular formula is C8H7BO2S. The molecule has 0 fully saturated rings. The number of rotatable bonds is 2. The molecule has 0 unspecified atom stereocenters. The van der Waals surface area contributed by atoms with Gasteiger partial charge < -0.3 is 4.74 Å². The molecular weight excluding hydrogens is 171 g/mol. The Morgan fingerprint density at radius 1 is 1.42 bits per heavy atom. The van der Waals surface area contributed by atoms with E-state index in [0.717, 1.165) is 16.5 Å². The van der Waals surface area contributed by atoms with Gasteiger partial charge in [0, 0.05) is 6.92 Å². The SMILES string of the molecule is [B]Sc1ccc(OC(C)=O)cc1. The van der Waals surface area contributed by atoms with Gasteiger partial charge in [-0.15, -0.1) is 0 Å². The lowest BCUT2D eigenvalue weighted by molar-refractivity contribution is -0.131. The van der Waals surface area contributed by atoms with Crippen molar-refractivity contribution < 1.29 is 9.53 Å². The van der Waals surface area contributed by atoms with Crippen LogP contribution in [0, 0.1) is 0 Å². The third-order valence-corrected chi connectivity index (χ3v) is 1.77. The molecule has 60 valence electrons. The highest BCUT2D eigenvalue weighted by Gasteiger charge is 1.96. The second kappa shape index (κ2) is 4.21. The molecule has 0 atom stereocenters. The highest BCUT2D eigenvalue weighted by atomic mass is 32.2. The minimum Gasteiger partial charge on any atom is -0.427 e. The summed E-state index contributed by atoms with van der Waals surface area (Å²) in [6.45, 7) is 1.37. The van der Waals surface area contributed by atoms with Crippen molar-refractivity contribution in [2.24, 2.45) is 0 Å². The van der Waals surface area contributed by atoms with Crippen LogP contribution in [0.5, 0.6) is 5.75 Å². The molecule has 0 aromatic heterocycles. The summed E-state index contributed by atoms with van der Waals surface area (Å²) in [6.07, 6.45) is 0. The molecule has 0 aliphatic carbocycles. The fourth-order valence-corrected chi connectivity index (χ4v) is 1.05. The second-order valence-corrected chi connectivity index (χ2v) is 2.89. The molecule has 0 heterocycles. The monoisotopic (exact) mass is 178 g/mol. The van der Waals surface area contributed by atoms with E-state index in [9.17, 15) is 4.79 Å². The predicted octanol–water partition coefficient (Wildman–Crippen LogP) is 1.79. The maximum absolute atomic E-state index is 10.5. The van der Waals surface area contributed by atoms with Gasteiger partial charge in [-0.2, -0.15) is 11.6 Å². The van der Waals surface area contributed by atoms with Crippen LogP contribution >= 0.6 is 11.6 Å². The van der Waals surface area contributed by atoms with E-state index in [1.807, 2.05) is 0 Å². The first kappa shape index (κ1) is 9.19. The van der Waals surface area contributed by atoms with E-state index in [1.54, 1.807) is 24.3 Å². The van der Waals surface area contributed by atoms with Gasteiger partial charge in [-0.1, -0.05) is 0 Å². The molecule has 12 heavy (non-hydrogen) atoms. The maximum atomic E-state index is 10.5. The van der Waals surface area contributed by atoms with Crippen molar-refractivity contribution in [1.82, 2.24) is 0 Å². The molecule has 4 heteroatoms. The minimum absolute atomic E-state index is 0.317. The van der Waals surface area contributed by atoms with Gasteiger partial charge in [-0.3, -0.25) is 4.79 Å². The molecule has 2 nitrogen and oxygen atoms in total. The van der Waals surface area contributed by atoms with E-state index < -0.39 is 0 Å². The van der Waals surface area contributed by atoms with Crippen LogP contribution in [0.1, 0.15) is 6.92 Å². The maximum Gasteiger partial charge on any atom is 0.308 e. The summed E-state index contributed by atoms with van der Waals surface area (Å²) in [5, 5.41) is 0. The van der Waals surface area contributed by atoms with Gasteiger partial charge in [-0.05, 0) is 29.2 Å². The Balaban J connectivity index is 2.71. The van der Waals surface area contributed by atoms with Crippen molar-refractivity contribution in [2.75, 3.05) is 0 Å². The minimum atomic E-state index is -0.317. The summed E-state index contributed by atoms with van der Waals surface area (Å²) in [4.78, 5) is 11.5. The van der Waals surface area contributed by atoms with E-state index in [1.165, 1.54) is 6.92 Å². The van der Waals surface area contributed by atoms with Crippen LogP contribution < -0.4 is 4.74 Å². The number of benzene rings is 1. The first-order valence-electron chi connectivity index (χ1n) is 3.37. The standard InChI is InChI=1S/C8H7BO2S/c1-6(10)11-7-2-4-8(12-9)5-3-7/h2-5H,1H3. The van der Waals surface area contributed by atoms with Crippen molar-refractivity contribution >= 4 is 24.7 Å². The molecule has 0 saturated carbocycles. The van der Waals surface area contributed by atoms with Crippen LogP contribution in [0.4, 0.5) is 0 Å². The van der Waals surface area contributed by atoms with Crippen molar-refractivity contribution in [3.8, 4) is 5.75 Å². The Kier molecular flexibility index (Phi) is 3.23. The largest absolute Gasteiger partial charge is 0.427 e. The second-order valence-electron chi connectivity index (χ2n) is 2.18. The number of carbonyl (C=O) groups excluding carboxylic acids is 1.